The van der Waals surface area contributed by atoms with Gasteiger partial charge in [-0.3, -0.25) is 9.36 Å². The summed E-state index contributed by atoms with van der Waals surface area (Å²) in [6.45, 7) is 1.91. The van der Waals surface area contributed by atoms with Crippen molar-refractivity contribution < 1.29 is 4.79 Å². The Morgan fingerprint density at radius 3 is 2.77 bits per heavy atom. The van der Waals surface area contributed by atoms with Crippen molar-refractivity contribution in [3.63, 3.8) is 0 Å². The van der Waals surface area contributed by atoms with Gasteiger partial charge in [0.05, 0.1) is 5.69 Å². The highest BCUT2D eigenvalue weighted by molar-refractivity contribution is 7.98. The first-order chi connectivity index (χ1) is 12.5. The van der Waals surface area contributed by atoms with Crippen LogP contribution in [0.5, 0.6) is 0 Å². The Bertz CT molecular complexity index is 908. The second-order valence-corrected chi connectivity index (χ2v) is 7.44. The number of hydrogen-bond acceptors (Lipinski definition) is 7. The molecule has 1 unspecified atom stereocenters. The molecule has 0 saturated heterocycles. The Morgan fingerprint density at radius 2 is 2.12 bits per heavy atom. The lowest BCUT2D eigenvalue weighted by Crippen LogP contribution is -2.27. The molecule has 0 bridgehead atoms. The summed E-state index contributed by atoms with van der Waals surface area (Å²) in [5.74, 6) is 0.0173. The van der Waals surface area contributed by atoms with Crippen LogP contribution >= 0.6 is 34.7 Å². The van der Waals surface area contributed by atoms with Crippen LogP contribution in [0, 0.1) is 0 Å². The lowest BCUT2D eigenvalue weighted by molar-refractivity contribution is -0.119. The lowest BCUT2D eigenvalue weighted by atomic mass is 10.2. The lowest BCUT2D eigenvalue weighted by Gasteiger charge is -2.17. The molecule has 0 aliphatic heterocycles. The number of thiazole rings is 1. The molecule has 2 aromatic heterocycles. The summed E-state index contributed by atoms with van der Waals surface area (Å²) < 4.78 is 1.65. The summed E-state index contributed by atoms with van der Waals surface area (Å²) in [7, 11) is 0. The second kappa shape index (κ2) is 8.07. The minimum Gasteiger partial charge on any atom is -0.368 e. The number of hydrogen-bond donors (Lipinski definition) is 2. The molecule has 1 amide bonds. The fourth-order valence-corrected chi connectivity index (χ4v) is 3.87. The number of nitrogens with zero attached hydrogens (tertiary/aromatic N) is 4. The third kappa shape index (κ3) is 3.84. The number of anilines is 2. The minimum absolute atomic E-state index is 0.202. The number of amides is 1. The van der Waals surface area contributed by atoms with E-state index in [9.17, 15) is 4.79 Å². The second-order valence-electron chi connectivity index (χ2n) is 5.37. The zero-order valence-corrected chi connectivity index (χ0v) is 16.5. The Labute approximate surface area is 164 Å². The van der Waals surface area contributed by atoms with E-state index in [0.29, 0.717) is 21.7 Å². The van der Waals surface area contributed by atoms with Crippen LogP contribution in [0.4, 0.5) is 11.1 Å². The standard InChI is InChI=1S/C16H17ClN6OS2/c1-3-12(23-14(18)21-22-16(23)25-2)13(24)20-15-19-11(8-26-15)9-4-6-10(17)7-5-9/h4-8,12H,3H2,1-2H3,(H2,18,21)(H,19,20,24). The molecule has 0 saturated carbocycles. The average Bonchev–Trinajstić information content (AvgIpc) is 3.24. The van der Waals surface area contributed by atoms with E-state index < -0.39 is 6.04 Å². The number of rotatable bonds is 6. The third-order valence-corrected chi connectivity index (χ3v) is 5.40. The molecule has 2 heterocycles. The molecule has 1 aromatic carbocycles. The van der Waals surface area contributed by atoms with Crippen molar-refractivity contribution >= 4 is 51.7 Å². The number of nitrogen functional groups attached to an aromatic ring is 1. The zero-order chi connectivity index (χ0) is 18.7. The van der Waals surface area contributed by atoms with E-state index in [4.69, 9.17) is 17.3 Å². The molecule has 136 valence electrons. The molecule has 10 heteroatoms. The third-order valence-electron chi connectivity index (χ3n) is 3.75. The van der Waals surface area contributed by atoms with Gasteiger partial charge in [-0.25, -0.2) is 4.98 Å². The molecule has 0 fully saturated rings. The Hall–Kier alpha value is -2.10. The first kappa shape index (κ1) is 18.7. The maximum Gasteiger partial charge on any atom is 0.249 e. The Balaban J connectivity index is 1.78. The average molecular weight is 409 g/mol. The first-order valence-corrected chi connectivity index (χ1v) is 10.3. The molecule has 0 spiro atoms. The smallest absolute Gasteiger partial charge is 0.249 e. The van der Waals surface area contributed by atoms with Crippen LogP contribution in [0.2, 0.25) is 5.02 Å². The molecule has 0 aliphatic rings. The van der Waals surface area contributed by atoms with Crippen LogP contribution in [0.1, 0.15) is 19.4 Å². The summed E-state index contributed by atoms with van der Waals surface area (Å²) in [5.41, 5.74) is 7.61. The summed E-state index contributed by atoms with van der Waals surface area (Å²) in [6, 6.07) is 6.89. The number of thioether (sulfide) groups is 1. The number of aromatic nitrogens is 4. The van der Waals surface area contributed by atoms with Gasteiger partial charge in [0, 0.05) is 16.0 Å². The Morgan fingerprint density at radius 1 is 1.38 bits per heavy atom. The van der Waals surface area contributed by atoms with Gasteiger partial charge in [-0.05, 0) is 24.8 Å². The maximum absolute atomic E-state index is 12.7. The summed E-state index contributed by atoms with van der Waals surface area (Å²) >= 11 is 8.67. The summed E-state index contributed by atoms with van der Waals surface area (Å²) in [4.78, 5) is 17.2. The van der Waals surface area contributed by atoms with E-state index in [1.807, 2.05) is 30.7 Å². The van der Waals surface area contributed by atoms with Gasteiger partial charge in [-0.2, -0.15) is 0 Å². The highest BCUT2D eigenvalue weighted by Crippen LogP contribution is 2.28. The maximum atomic E-state index is 12.7. The topological polar surface area (TPSA) is 98.7 Å². The number of benzene rings is 1. The summed E-state index contributed by atoms with van der Waals surface area (Å²) in [5, 5.41) is 14.4. The minimum atomic E-state index is -0.504. The molecule has 0 radical (unpaired) electrons. The van der Waals surface area contributed by atoms with Gasteiger partial charge in [0.2, 0.25) is 11.9 Å². The quantitative estimate of drug-likeness (QED) is 0.599. The van der Waals surface area contributed by atoms with Gasteiger partial charge in [0.15, 0.2) is 10.3 Å². The Kier molecular flexibility index (Phi) is 5.80. The van der Waals surface area contributed by atoms with Crippen molar-refractivity contribution in [1.29, 1.82) is 0 Å². The van der Waals surface area contributed by atoms with Gasteiger partial charge in [-0.15, -0.1) is 21.5 Å². The van der Waals surface area contributed by atoms with Crippen LogP contribution in [-0.2, 0) is 4.79 Å². The highest BCUT2D eigenvalue weighted by atomic mass is 35.5. The van der Waals surface area contributed by atoms with E-state index >= 15 is 0 Å². The molecule has 7 nitrogen and oxygen atoms in total. The summed E-state index contributed by atoms with van der Waals surface area (Å²) in [6.07, 6.45) is 2.42. The molecule has 3 aromatic rings. The number of halogens is 1. The highest BCUT2D eigenvalue weighted by Gasteiger charge is 2.25. The van der Waals surface area contributed by atoms with Gasteiger partial charge >= 0.3 is 0 Å². The largest absolute Gasteiger partial charge is 0.368 e. The van der Waals surface area contributed by atoms with E-state index in [1.165, 1.54) is 23.1 Å². The van der Waals surface area contributed by atoms with Gasteiger partial charge in [-0.1, -0.05) is 42.4 Å². The normalized spacial score (nSPS) is 12.1. The molecular weight excluding hydrogens is 392 g/mol. The van der Waals surface area contributed by atoms with E-state index in [0.717, 1.165) is 11.3 Å². The van der Waals surface area contributed by atoms with Gasteiger partial charge in [0.1, 0.15) is 6.04 Å². The molecule has 3 rings (SSSR count). The van der Waals surface area contributed by atoms with Crippen LogP contribution in [0.3, 0.4) is 0 Å². The molecule has 1 atom stereocenters. The van der Waals surface area contributed by atoms with Crippen LogP contribution in [0.25, 0.3) is 11.3 Å². The van der Waals surface area contributed by atoms with Crippen molar-refractivity contribution in [3.8, 4) is 11.3 Å². The first-order valence-electron chi connectivity index (χ1n) is 7.80. The predicted molar refractivity (Wildman–Crippen MR) is 107 cm³/mol. The van der Waals surface area contributed by atoms with Crippen molar-refractivity contribution in [2.75, 3.05) is 17.3 Å². The van der Waals surface area contributed by atoms with Crippen molar-refractivity contribution in [2.45, 2.75) is 24.5 Å². The molecule has 3 N–H and O–H groups in total. The number of carbonyl (C=O) groups excluding carboxylic acids is 1. The fourth-order valence-electron chi connectivity index (χ4n) is 2.48. The van der Waals surface area contributed by atoms with Crippen LogP contribution in [0.15, 0.2) is 34.8 Å². The van der Waals surface area contributed by atoms with Crippen LogP contribution in [-0.4, -0.2) is 31.9 Å². The predicted octanol–water partition coefficient (Wildman–Crippen LogP) is 3.95. The van der Waals surface area contributed by atoms with Gasteiger partial charge in [0.25, 0.3) is 0 Å². The van der Waals surface area contributed by atoms with Crippen molar-refractivity contribution in [1.82, 2.24) is 19.7 Å². The van der Waals surface area contributed by atoms with Gasteiger partial charge < -0.3 is 11.1 Å². The number of carbonyl (C=O) groups is 1. The van der Waals surface area contributed by atoms with E-state index in [1.54, 1.807) is 16.7 Å². The van der Waals surface area contributed by atoms with E-state index in [-0.39, 0.29) is 11.9 Å². The van der Waals surface area contributed by atoms with Crippen molar-refractivity contribution in [2.24, 2.45) is 0 Å². The van der Waals surface area contributed by atoms with Crippen LogP contribution < -0.4 is 11.1 Å². The number of nitrogens with one attached hydrogen (secondary N) is 1. The fraction of sp³-hybridized carbons (Fsp3) is 0.250. The van der Waals surface area contributed by atoms with Crippen molar-refractivity contribution in [3.05, 3.63) is 34.7 Å². The monoisotopic (exact) mass is 408 g/mol. The molecule has 0 aliphatic carbocycles. The molecular formula is C16H17ClN6OS2. The number of nitrogens with two attached hydrogens (primary N) is 1. The SMILES string of the molecule is CCC(C(=O)Nc1nc(-c2ccc(Cl)cc2)cs1)n1c(N)nnc1SC. The van der Waals surface area contributed by atoms with E-state index in [2.05, 4.69) is 20.5 Å². The zero-order valence-electron chi connectivity index (χ0n) is 14.1. The molecule has 26 heavy (non-hydrogen) atoms.